The minimum atomic E-state index is -0.835. The maximum absolute atomic E-state index is 11.3. The van der Waals surface area contributed by atoms with Crippen LogP contribution >= 0.6 is 15.9 Å². The summed E-state index contributed by atoms with van der Waals surface area (Å²) < 4.78 is 6.16. The first-order chi connectivity index (χ1) is 10.1. The van der Waals surface area contributed by atoms with Gasteiger partial charge in [-0.25, -0.2) is 5.43 Å². The lowest BCUT2D eigenvalue weighted by Gasteiger charge is -2.05. The number of benzene rings is 1. The van der Waals surface area contributed by atoms with Gasteiger partial charge >= 0.3 is 11.8 Å². The molecule has 0 fully saturated rings. The number of halogens is 1. The van der Waals surface area contributed by atoms with Crippen LogP contribution in [0.1, 0.15) is 12.5 Å². The molecule has 1 aromatic carbocycles. The van der Waals surface area contributed by atoms with Gasteiger partial charge in [-0.1, -0.05) is 6.08 Å². The fraction of sp³-hybridized carbons (Fsp3) is 0.214. The summed E-state index contributed by atoms with van der Waals surface area (Å²) in [7, 11) is 0. The second-order valence-electron chi connectivity index (χ2n) is 3.82. The molecule has 0 aliphatic rings. The van der Waals surface area contributed by atoms with Gasteiger partial charge in [-0.05, 0) is 46.6 Å². The van der Waals surface area contributed by atoms with E-state index in [1.165, 1.54) is 12.3 Å². The van der Waals surface area contributed by atoms with Crippen LogP contribution < -0.4 is 15.5 Å². The minimum Gasteiger partial charge on any atom is -0.493 e. The average Bonchev–Trinajstić information content (AvgIpc) is 2.47. The fourth-order valence-corrected chi connectivity index (χ4v) is 1.84. The Bertz CT molecular complexity index is 558. The van der Waals surface area contributed by atoms with E-state index in [1.54, 1.807) is 18.2 Å². The molecule has 0 aliphatic heterocycles. The molecule has 0 saturated carbocycles. The maximum Gasteiger partial charge on any atom is 0.329 e. The lowest BCUT2D eigenvalue weighted by Crippen LogP contribution is -2.37. The van der Waals surface area contributed by atoms with Gasteiger partial charge < -0.3 is 10.1 Å². The topological polar surface area (TPSA) is 79.8 Å². The molecule has 0 heterocycles. The van der Waals surface area contributed by atoms with Crippen LogP contribution in [0.15, 0.2) is 40.4 Å². The lowest BCUT2D eigenvalue weighted by atomic mass is 10.2. The molecule has 1 rings (SSSR count). The normalized spacial score (nSPS) is 10.2. The number of carbonyl (C=O) groups is 2. The summed E-state index contributed by atoms with van der Waals surface area (Å²) in [5, 5.41) is 6.06. The van der Waals surface area contributed by atoms with Crippen LogP contribution in [-0.2, 0) is 9.59 Å². The monoisotopic (exact) mass is 353 g/mol. The van der Waals surface area contributed by atoms with Gasteiger partial charge in [-0.3, -0.25) is 9.59 Å². The molecule has 6 nitrogen and oxygen atoms in total. The summed E-state index contributed by atoms with van der Waals surface area (Å²) in [6.07, 6.45) is 2.91. The first-order valence-electron chi connectivity index (χ1n) is 6.23. The van der Waals surface area contributed by atoms with Crippen molar-refractivity contribution in [2.45, 2.75) is 6.92 Å². The number of nitrogens with zero attached hydrogens (tertiary/aromatic N) is 1. The van der Waals surface area contributed by atoms with E-state index in [9.17, 15) is 9.59 Å². The predicted molar refractivity (Wildman–Crippen MR) is 84.3 cm³/mol. The molecule has 21 heavy (non-hydrogen) atoms. The Labute approximate surface area is 131 Å². The highest BCUT2D eigenvalue weighted by Crippen LogP contribution is 2.25. The smallest absolute Gasteiger partial charge is 0.329 e. The van der Waals surface area contributed by atoms with E-state index >= 15 is 0 Å². The van der Waals surface area contributed by atoms with Crippen molar-refractivity contribution in [2.24, 2.45) is 5.10 Å². The number of amides is 2. The standard InChI is InChI=1S/C14H16BrN3O3/c1-3-7-16-13(19)14(20)18-17-9-10-5-6-12(21-4-2)11(15)8-10/h3,5-6,8-9H,1,4,7H2,2H3,(H,16,19)(H,18,20)/b17-9-. The second-order valence-corrected chi connectivity index (χ2v) is 4.68. The van der Waals surface area contributed by atoms with Gasteiger partial charge in [0.1, 0.15) is 5.75 Å². The zero-order valence-electron chi connectivity index (χ0n) is 11.6. The summed E-state index contributed by atoms with van der Waals surface area (Å²) in [6.45, 7) is 6.12. The van der Waals surface area contributed by atoms with Crippen LogP contribution in [0.25, 0.3) is 0 Å². The molecule has 1 aromatic rings. The Morgan fingerprint density at radius 3 is 2.81 bits per heavy atom. The number of hydrogen-bond acceptors (Lipinski definition) is 4. The largest absolute Gasteiger partial charge is 0.493 e. The van der Waals surface area contributed by atoms with Gasteiger partial charge in [0.2, 0.25) is 0 Å². The zero-order valence-corrected chi connectivity index (χ0v) is 13.1. The Morgan fingerprint density at radius 2 is 2.19 bits per heavy atom. The Hall–Kier alpha value is -2.15. The van der Waals surface area contributed by atoms with Crippen molar-refractivity contribution in [3.05, 3.63) is 40.9 Å². The van der Waals surface area contributed by atoms with Crippen LogP contribution in [0.5, 0.6) is 5.75 Å². The summed E-state index contributed by atoms with van der Waals surface area (Å²) in [5.41, 5.74) is 2.88. The third-order valence-electron chi connectivity index (χ3n) is 2.25. The first-order valence-corrected chi connectivity index (χ1v) is 7.02. The molecule has 0 spiro atoms. The molecule has 0 unspecified atom stereocenters. The summed E-state index contributed by atoms with van der Waals surface area (Å²) in [4.78, 5) is 22.6. The molecular weight excluding hydrogens is 338 g/mol. The molecule has 2 N–H and O–H groups in total. The third kappa shape index (κ3) is 5.78. The summed E-state index contributed by atoms with van der Waals surface area (Å²) in [5.74, 6) is -0.875. The molecule has 0 atom stereocenters. The van der Waals surface area contributed by atoms with E-state index in [0.29, 0.717) is 6.61 Å². The van der Waals surface area contributed by atoms with E-state index in [2.05, 4.69) is 38.4 Å². The van der Waals surface area contributed by atoms with E-state index in [-0.39, 0.29) is 6.54 Å². The van der Waals surface area contributed by atoms with Crippen molar-refractivity contribution in [1.29, 1.82) is 0 Å². The number of rotatable bonds is 6. The minimum absolute atomic E-state index is 0.224. The summed E-state index contributed by atoms with van der Waals surface area (Å²) in [6, 6.07) is 5.36. The Balaban J connectivity index is 2.57. The number of carbonyl (C=O) groups excluding carboxylic acids is 2. The predicted octanol–water partition coefficient (Wildman–Crippen LogP) is 1.60. The van der Waals surface area contributed by atoms with Gasteiger partial charge in [-0.15, -0.1) is 6.58 Å². The molecule has 0 aliphatic carbocycles. The van der Waals surface area contributed by atoms with E-state index < -0.39 is 11.8 Å². The molecule has 0 aromatic heterocycles. The van der Waals surface area contributed by atoms with Crippen LogP contribution in [0.3, 0.4) is 0 Å². The van der Waals surface area contributed by atoms with Crippen molar-refractivity contribution >= 4 is 34.0 Å². The molecule has 0 radical (unpaired) electrons. The molecule has 112 valence electrons. The van der Waals surface area contributed by atoms with Crippen molar-refractivity contribution in [2.75, 3.05) is 13.2 Å². The first kappa shape index (κ1) is 16.9. The van der Waals surface area contributed by atoms with Crippen molar-refractivity contribution in [3.63, 3.8) is 0 Å². The number of hydrazone groups is 1. The van der Waals surface area contributed by atoms with Crippen molar-refractivity contribution < 1.29 is 14.3 Å². The molecule has 2 amide bonds. The highest BCUT2D eigenvalue weighted by molar-refractivity contribution is 9.10. The number of nitrogens with one attached hydrogen (secondary N) is 2. The molecular formula is C14H16BrN3O3. The fourth-order valence-electron chi connectivity index (χ4n) is 1.33. The quantitative estimate of drug-likeness (QED) is 0.353. The Kier molecular flexibility index (Phi) is 7.17. The highest BCUT2D eigenvalue weighted by Gasteiger charge is 2.10. The van der Waals surface area contributed by atoms with Crippen LogP contribution in [0.4, 0.5) is 0 Å². The van der Waals surface area contributed by atoms with E-state index in [0.717, 1.165) is 15.8 Å². The van der Waals surface area contributed by atoms with Crippen LogP contribution in [0, 0.1) is 0 Å². The van der Waals surface area contributed by atoms with Gasteiger partial charge in [0.05, 0.1) is 17.3 Å². The highest BCUT2D eigenvalue weighted by atomic mass is 79.9. The van der Waals surface area contributed by atoms with Gasteiger partial charge in [0.15, 0.2) is 0 Å². The summed E-state index contributed by atoms with van der Waals surface area (Å²) >= 11 is 3.37. The van der Waals surface area contributed by atoms with Crippen molar-refractivity contribution in [1.82, 2.24) is 10.7 Å². The van der Waals surface area contributed by atoms with Crippen LogP contribution in [-0.4, -0.2) is 31.2 Å². The van der Waals surface area contributed by atoms with E-state index in [4.69, 9.17) is 4.74 Å². The van der Waals surface area contributed by atoms with Gasteiger partial charge in [-0.2, -0.15) is 5.10 Å². The third-order valence-corrected chi connectivity index (χ3v) is 2.87. The number of hydrogen-bond donors (Lipinski definition) is 2. The maximum atomic E-state index is 11.3. The van der Waals surface area contributed by atoms with Gasteiger partial charge in [0, 0.05) is 6.54 Å². The number of ether oxygens (including phenoxy) is 1. The van der Waals surface area contributed by atoms with Crippen LogP contribution in [0.2, 0.25) is 0 Å². The Morgan fingerprint density at radius 1 is 1.43 bits per heavy atom. The van der Waals surface area contributed by atoms with Gasteiger partial charge in [0.25, 0.3) is 0 Å². The molecule has 0 bridgehead atoms. The SMILES string of the molecule is C=CCNC(=O)C(=O)N/N=C\c1ccc(OCC)c(Br)c1. The average molecular weight is 354 g/mol. The van der Waals surface area contributed by atoms with Crippen molar-refractivity contribution in [3.8, 4) is 5.75 Å². The molecule has 7 heteroatoms. The molecule has 0 saturated heterocycles. The zero-order chi connectivity index (χ0) is 15.7. The second kappa shape index (κ2) is 8.91. The lowest BCUT2D eigenvalue weighted by molar-refractivity contribution is -0.139. The van der Waals surface area contributed by atoms with E-state index in [1.807, 2.05) is 6.92 Å².